The molecule has 0 atom stereocenters. The number of fused-ring (bicyclic) bond motifs is 1. The van der Waals surface area contributed by atoms with Gasteiger partial charge >= 0.3 is 0 Å². The van der Waals surface area contributed by atoms with Crippen LogP contribution in [0.5, 0.6) is 0 Å². The van der Waals surface area contributed by atoms with Crippen molar-refractivity contribution in [3.05, 3.63) is 53.1 Å². The number of rotatable bonds is 4. The van der Waals surface area contributed by atoms with E-state index in [0.717, 1.165) is 17.6 Å². The summed E-state index contributed by atoms with van der Waals surface area (Å²) in [6.45, 7) is 2.79. The molecule has 2 N–H and O–H groups in total. The maximum absolute atomic E-state index is 11.7. The Morgan fingerprint density at radius 1 is 1.14 bits per heavy atom. The van der Waals surface area contributed by atoms with E-state index in [9.17, 15) is 4.79 Å². The summed E-state index contributed by atoms with van der Waals surface area (Å²) >= 11 is 0. The third-order valence-electron chi connectivity index (χ3n) is 3.95. The number of hydrogen-bond donors (Lipinski definition) is 2. The van der Waals surface area contributed by atoms with Crippen LogP contribution in [0, 0.1) is 0 Å². The third-order valence-corrected chi connectivity index (χ3v) is 3.95. The highest BCUT2D eigenvalue weighted by atomic mass is 16.2. The van der Waals surface area contributed by atoms with Crippen molar-refractivity contribution in [1.29, 1.82) is 0 Å². The fourth-order valence-corrected chi connectivity index (χ4v) is 2.79. The molecule has 0 aromatic heterocycles. The topological polar surface area (TPSA) is 41.1 Å². The zero-order chi connectivity index (χ0) is 14.7. The van der Waals surface area contributed by atoms with Crippen LogP contribution in [0.3, 0.4) is 0 Å². The lowest BCUT2D eigenvalue weighted by Crippen LogP contribution is -2.25. The van der Waals surface area contributed by atoms with Gasteiger partial charge in [-0.15, -0.1) is 0 Å². The maximum Gasteiger partial charge on any atom is 0.262 e. The Labute approximate surface area is 125 Å². The van der Waals surface area contributed by atoms with E-state index in [4.69, 9.17) is 0 Å². The van der Waals surface area contributed by atoms with Crippen LogP contribution in [-0.2, 0) is 11.2 Å². The number of carbonyl (C=O) groups excluding carboxylic acids is 1. The van der Waals surface area contributed by atoms with Crippen molar-refractivity contribution < 1.29 is 4.79 Å². The van der Waals surface area contributed by atoms with Gasteiger partial charge in [-0.05, 0) is 40.8 Å². The van der Waals surface area contributed by atoms with Crippen molar-refractivity contribution in [1.82, 2.24) is 10.9 Å². The monoisotopic (exact) mass is 280 g/mol. The van der Waals surface area contributed by atoms with Crippen LogP contribution in [0.2, 0.25) is 0 Å². The van der Waals surface area contributed by atoms with Gasteiger partial charge in [0.15, 0.2) is 0 Å². The Bertz CT molecular complexity index is 703. The molecule has 108 valence electrons. The molecule has 1 heterocycles. The predicted molar refractivity (Wildman–Crippen MR) is 86.7 cm³/mol. The Balaban J connectivity index is 2.06. The molecule has 3 heteroatoms. The largest absolute Gasteiger partial charge is 0.287 e. The fraction of sp³-hybridized carbons (Fsp3) is 0.278. The van der Waals surface area contributed by atoms with Crippen molar-refractivity contribution >= 4 is 22.8 Å². The number of aryl methyl sites for hydroxylation is 1. The maximum atomic E-state index is 11.7. The van der Waals surface area contributed by atoms with Crippen LogP contribution < -0.4 is 10.9 Å². The highest BCUT2D eigenvalue weighted by molar-refractivity contribution is 6.02. The van der Waals surface area contributed by atoms with Gasteiger partial charge < -0.3 is 0 Å². The van der Waals surface area contributed by atoms with E-state index in [0.29, 0.717) is 6.54 Å². The van der Waals surface area contributed by atoms with Gasteiger partial charge in [-0.3, -0.25) is 10.2 Å². The number of hydrogen-bond acceptors (Lipinski definition) is 2. The van der Waals surface area contributed by atoms with Gasteiger partial charge in [0.1, 0.15) is 0 Å². The summed E-state index contributed by atoms with van der Waals surface area (Å²) in [5, 5.41) is 2.52. The molecule has 0 aliphatic carbocycles. The number of nitrogens with one attached hydrogen (secondary N) is 2. The molecule has 3 nitrogen and oxygen atoms in total. The SMILES string of the molecule is CCCCc1cccc2c(/C=C3\CNNC3=O)cccc12. The molecule has 0 radical (unpaired) electrons. The second-order valence-electron chi connectivity index (χ2n) is 5.44. The first-order chi connectivity index (χ1) is 10.3. The van der Waals surface area contributed by atoms with Crippen LogP contribution in [-0.4, -0.2) is 12.5 Å². The summed E-state index contributed by atoms with van der Waals surface area (Å²) in [7, 11) is 0. The van der Waals surface area contributed by atoms with Crippen molar-refractivity contribution in [3.8, 4) is 0 Å². The molecule has 21 heavy (non-hydrogen) atoms. The standard InChI is InChI=1S/C18H20N2O/c1-2-3-6-13-7-4-10-17-14(8-5-9-16(13)17)11-15-12-19-20-18(15)21/h4-5,7-11,19H,2-3,6,12H2,1H3,(H,20,21)/b15-11+. The first-order valence-electron chi connectivity index (χ1n) is 7.54. The molecule has 0 saturated carbocycles. The quantitative estimate of drug-likeness (QED) is 0.844. The van der Waals surface area contributed by atoms with E-state index in [-0.39, 0.29) is 5.91 Å². The van der Waals surface area contributed by atoms with Gasteiger partial charge in [-0.25, -0.2) is 5.43 Å². The molecular formula is C18H20N2O. The number of hydrazine groups is 1. The second-order valence-corrected chi connectivity index (χ2v) is 5.44. The zero-order valence-electron chi connectivity index (χ0n) is 12.3. The predicted octanol–water partition coefficient (Wildman–Crippen LogP) is 3.20. The van der Waals surface area contributed by atoms with Crippen molar-refractivity contribution in [2.45, 2.75) is 26.2 Å². The third kappa shape index (κ3) is 2.83. The summed E-state index contributed by atoms with van der Waals surface area (Å²) in [5.41, 5.74) is 8.76. The zero-order valence-corrected chi connectivity index (χ0v) is 12.3. The molecule has 0 unspecified atom stereocenters. The summed E-state index contributed by atoms with van der Waals surface area (Å²) in [4.78, 5) is 11.7. The molecule has 1 aliphatic rings. The van der Waals surface area contributed by atoms with Crippen LogP contribution in [0.25, 0.3) is 16.8 Å². The van der Waals surface area contributed by atoms with Gasteiger partial charge in [0.25, 0.3) is 5.91 Å². The molecule has 0 spiro atoms. The van der Waals surface area contributed by atoms with Crippen LogP contribution in [0.15, 0.2) is 42.0 Å². The van der Waals surface area contributed by atoms with Gasteiger partial charge in [0.05, 0.1) is 0 Å². The molecule has 1 amide bonds. The molecule has 1 fully saturated rings. The minimum atomic E-state index is -0.0332. The molecule has 3 rings (SSSR count). The summed E-state index contributed by atoms with van der Waals surface area (Å²) in [6.07, 6.45) is 5.50. The van der Waals surface area contributed by atoms with Crippen molar-refractivity contribution in [3.63, 3.8) is 0 Å². The Hall–Kier alpha value is -2.13. The van der Waals surface area contributed by atoms with Crippen molar-refractivity contribution in [2.75, 3.05) is 6.54 Å². The number of amides is 1. The molecular weight excluding hydrogens is 260 g/mol. The van der Waals surface area contributed by atoms with E-state index in [1.54, 1.807) is 0 Å². The molecule has 2 aromatic carbocycles. The first kappa shape index (κ1) is 13.8. The molecule has 1 saturated heterocycles. The first-order valence-corrected chi connectivity index (χ1v) is 7.54. The number of carbonyl (C=O) groups is 1. The lowest BCUT2D eigenvalue weighted by molar-refractivity contribution is -0.116. The summed E-state index contributed by atoms with van der Waals surface area (Å²) in [5.74, 6) is -0.0332. The Morgan fingerprint density at radius 2 is 1.95 bits per heavy atom. The minimum absolute atomic E-state index is 0.0332. The number of benzene rings is 2. The highest BCUT2D eigenvalue weighted by Gasteiger charge is 2.15. The van der Waals surface area contributed by atoms with E-state index in [1.807, 2.05) is 6.08 Å². The van der Waals surface area contributed by atoms with E-state index in [1.165, 1.54) is 29.2 Å². The Morgan fingerprint density at radius 3 is 2.71 bits per heavy atom. The summed E-state index contributed by atoms with van der Waals surface area (Å²) < 4.78 is 0. The molecule has 2 aromatic rings. The second kappa shape index (κ2) is 6.10. The average Bonchev–Trinajstić information content (AvgIpc) is 2.91. The van der Waals surface area contributed by atoms with E-state index < -0.39 is 0 Å². The summed E-state index contributed by atoms with van der Waals surface area (Å²) in [6, 6.07) is 12.8. The normalized spacial score (nSPS) is 16.6. The van der Waals surface area contributed by atoms with E-state index in [2.05, 4.69) is 54.2 Å². The van der Waals surface area contributed by atoms with Gasteiger partial charge in [-0.1, -0.05) is 49.7 Å². The lowest BCUT2D eigenvalue weighted by atomic mass is 9.96. The van der Waals surface area contributed by atoms with Crippen LogP contribution in [0.4, 0.5) is 0 Å². The minimum Gasteiger partial charge on any atom is -0.287 e. The van der Waals surface area contributed by atoms with Crippen molar-refractivity contribution in [2.24, 2.45) is 0 Å². The Kier molecular flexibility index (Phi) is 4.02. The smallest absolute Gasteiger partial charge is 0.262 e. The van der Waals surface area contributed by atoms with E-state index >= 15 is 0 Å². The lowest BCUT2D eigenvalue weighted by Gasteiger charge is -2.08. The van der Waals surface area contributed by atoms with Gasteiger partial charge in [0.2, 0.25) is 0 Å². The number of unbranched alkanes of at least 4 members (excludes halogenated alkanes) is 1. The average molecular weight is 280 g/mol. The van der Waals surface area contributed by atoms with Gasteiger partial charge in [-0.2, -0.15) is 0 Å². The van der Waals surface area contributed by atoms with Crippen LogP contribution in [0.1, 0.15) is 30.9 Å². The fourth-order valence-electron chi connectivity index (χ4n) is 2.79. The molecule has 1 aliphatic heterocycles. The highest BCUT2D eigenvalue weighted by Crippen LogP contribution is 2.25. The molecule has 0 bridgehead atoms. The van der Waals surface area contributed by atoms with Gasteiger partial charge in [0, 0.05) is 12.1 Å². The van der Waals surface area contributed by atoms with Crippen LogP contribution >= 0.6 is 0 Å².